The van der Waals surface area contributed by atoms with Crippen LogP contribution in [0.25, 0.3) is 0 Å². The highest BCUT2D eigenvalue weighted by molar-refractivity contribution is 7.89. The van der Waals surface area contributed by atoms with E-state index in [9.17, 15) is 26.4 Å². The Morgan fingerprint density at radius 2 is 2.03 bits per heavy atom. The predicted molar refractivity (Wildman–Crippen MR) is 134 cm³/mol. The van der Waals surface area contributed by atoms with Crippen molar-refractivity contribution >= 4 is 27.5 Å². The number of sulfonamides is 1. The number of allylic oxidation sites excluding steroid dienone is 1. The number of hydrogen-bond donors (Lipinski definition) is 1. The van der Waals surface area contributed by atoms with E-state index in [1.54, 1.807) is 45.2 Å². The number of anilines is 2. The third kappa shape index (κ3) is 6.63. The van der Waals surface area contributed by atoms with Gasteiger partial charge in [-0.25, -0.2) is 18.2 Å². The maximum Gasteiger partial charge on any atom is 0.511 e. The standard InChI is InChI=1S/C24H32F3N5O4S/c1-6-7-8-20-15-31(37(34,35)24(25,26)27)13-17-11-19(30(5)22(33)36-23(2,3)4)9-10-21(17)32(20)14-18-12-28-16-29-18/h6,9-12,16,20H,1,7-8,13-15H2,2-5H3,(H,28,29). The van der Waals surface area contributed by atoms with Crippen LogP contribution in [0.4, 0.5) is 29.3 Å². The fraction of sp³-hybridized carbons (Fsp3) is 0.500. The smallest absolute Gasteiger partial charge is 0.443 e. The van der Waals surface area contributed by atoms with Crippen LogP contribution in [0.3, 0.4) is 0 Å². The number of nitrogens with one attached hydrogen (secondary N) is 1. The molecule has 1 amide bonds. The van der Waals surface area contributed by atoms with Crippen molar-refractivity contribution in [1.82, 2.24) is 14.3 Å². The Hall–Kier alpha value is -3.06. The quantitative estimate of drug-likeness (QED) is 0.505. The number of nitrogens with zero attached hydrogens (tertiary/aromatic N) is 4. The van der Waals surface area contributed by atoms with E-state index in [2.05, 4.69) is 16.5 Å². The van der Waals surface area contributed by atoms with Crippen LogP contribution in [0.1, 0.15) is 44.9 Å². The number of ether oxygens (including phenoxy) is 1. The summed E-state index contributed by atoms with van der Waals surface area (Å²) < 4.78 is 71.9. The van der Waals surface area contributed by atoms with Gasteiger partial charge in [-0.1, -0.05) is 6.08 Å². The molecule has 204 valence electrons. The Labute approximate surface area is 215 Å². The van der Waals surface area contributed by atoms with E-state index in [-0.39, 0.29) is 13.1 Å². The largest absolute Gasteiger partial charge is 0.511 e. The van der Waals surface area contributed by atoms with Crippen LogP contribution in [-0.2, 0) is 27.8 Å². The molecule has 9 nitrogen and oxygen atoms in total. The van der Waals surface area contributed by atoms with Gasteiger partial charge < -0.3 is 14.6 Å². The first-order valence-electron chi connectivity index (χ1n) is 11.6. The molecule has 0 bridgehead atoms. The minimum atomic E-state index is -5.63. The molecule has 1 unspecified atom stereocenters. The molecule has 1 aliphatic heterocycles. The van der Waals surface area contributed by atoms with Crippen molar-refractivity contribution in [2.45, 2.75) is 63.9 Å². The first-order chi connectivity index (χ1) is 17.1. The zero-order valence-electron chi connectivity index (χ0n) is 21.2. The molecule has 1 aliphatic rings. The molecule has 2 aromatic rings. The van der Waals surface area contributed by atoms with Gasteiger partial charge in [-0.3, -0.25) is 4.90 Å². The second kappa shape index (κ2) is 10.7. The van der Waals surface area contributed by atoms with Gasteiger partial charge in [0.25, 0.3) is 0 Å². The fourth-order valence-electron chi connectivity index (χ4n) is 4.06. The van der Waals surface area contributed by atoms with Crippen molar-refractivity contribution in [2.75, 3.05) is 23.4 Å². The van der Waals surface area contributed by atoms with Gasteiger partial charge in [-0.05, 0) is 57.4 Å². The number of fused-ring (bicyclic) bond motifs is 1. The van der Waals surface area contributed by atoms with Crippen LogP contribution >= 0.6 is 0 Å². The second-order valence-corrected chi connectivity index (χ2v) is 11.7. The SMILES string of the molecule is C=CCCC1CN(S(=O)(=O)C(F)(F)F)Cc2cc(N(C)C(=O)OC(C)(C)C)ccc2N1Cc1cnc[nH]1. The van der Waals surface area contributed by atoms with Crippen molar-refractivity contribution < 1.29 is 31.1 Å². The van der Waals surface area contributed by atoms with Crippen molar-refractivity contribution in [3.63, 3.8) is 0 Å². The average Bonchev–Trinajstić information content (AvgIpc) is 3.25. The molecule has 0 spiro atoms. The van der Waals surface area contributed by atoms with Crippen molar-refractivity contribution in [2.24, 2.45) is 0 Å². The van der Waals surface area contributed by atoms with Gasteiger partial charge in [-0.15, -0.1) is 6.58 Å². The highest BCUT2D eigenvalue weighted by atomic mass is 32.2. The number of aromatic amines is 1. The number of alkyl halides is 3. The van der Waals surface area contributed by atoms with Gasteiger partial charge in [-0.2, -0.15) is 17.5 Å². The summed E-state index contributed by atoms with van der Waals surface area (Å²) in [5.41, 5.74) is -4.28. The monoisotopic (exact) mass is 543 g/mol. The van der Waals surface area contributed by atoms with E-state index in [0.29, 0.717) is 39.8 Å². The van der Waals surface area contributed by atoms with Crippen LogP contribution in [0.2, 0.25) is 0 Å². The number of carbonyl (C=O) groups is 1. The Bertz CT molecular complexity index is 1210. The zero-order chi connectivity index (χ0) is 27.6. The van der Waals surface area contributed by atoms with E-state index in [4.69, 9.17) is 4.74 Å². The Morgan fingerprint density at radius 1 is 1.32 bits per heavy atom. The fourth-order valence-corrected chi connectivity index (χ4v) is 5.03. The van der Waals surface area contributed by atoms with Gasteiger partial charge in [0.15, 0.2) is 0 Å². The summed E-state index contributed by atoms with van der Waals surface area (Å²) in [4.78, 5) is 22.7. The Kier molecular flexibility index (Phi) is 8.27. The number of aromatic nitrogens is 2. The van der Waals surface area contributed by atoms with E-state index in [1.165, 1.54) is 24.3 Å². The number of carbonyl (C=O) groups excluding carboxylic acids is 1. The Morgan fingerprint density at radius 3 is 2.59 bits per heavy atom. The summed E-state index contributed by atoms with van der Waals surface area (Å²) in [5.74, 6) is 0. The number of rotatable bonds is 7. The first kappa shape index (κ1) is 28.5. The molecular formula is C24H32F3N5O4S. The minimum Gasteiger partial charge on any atom is -0.443 e. The molecule has 13 heteroatoms. The van der Waals surface area contributed by atoms with Gasteiger partial charge in [0.05, 0.1) is 18.6 Å². The molecule has 0 saturated heterocycles. The molecule has 0 radical (unpaired) electrons. The zero-order valence-corrected chi connectivity index (χ0v) is 22.1. The second-order valence-electron chi connectivity index (χ2n) is 9.82. The van der Waals surface area contributed by atoms with Crippen molar-refractivity contribution in [3.8, 4) is 0 Å². The minimum absolute atomic E-state index is 0.260. The molecule has 37 heavy (non-hydrogen) atoms. The lowest BCUT2D eigenvalue weighted by Crippen LogP contribution is -2.46. The normalized spacial score (nSPS) is 17.2. The molecule has 1 aromatic heterocycles. The Balaban J connectivity index is 2.11. The van der Waals surface area contributed by atoms with Gasteiger partial charge in [0, 0.05) is 43.8 Å². The highest BCUT2D eigenvalue weighted by Gasteiger charge is 2.51. The molecule has 1 aromatic carbocycles. The van der Waals surface area contributed by atoms with E-state index >= 15 is 0 Å². The van der Waals surface area contributed by atoms with Crippen molar-refractivity contribution in [1.29, 1.82) is 0 Å². The molecule has 1 atom stereocenters. The van der Waals surface area contributed by atoms with E-state index in [1.807, 2.05) is 4.90 Å². The van der Waals surface area contributed by atoms with Crippen LogP contribution in [-0.4, -0.2) is 59.5 Å². The number of H-pyrrole nitrogens is 1. The summed E-state index contributed by atoms with van der Waals surface area (Å²) in [6.45, 7) is 8.21. The number of halogens is 3. The van der Waals surface area contributed by atoms with Gasteiger partial charge in [0.1, 0.15) is 5.60 Å². The summed E-state index contributed by atoms with van der Waals surface area (Å²) in [7, 11) is -4.15. The summed E-state index contributed by atoms with van der Waals surface area (Å²) >= 11 is 0. The lowest BCUT2D eigenvalue weighted by molar-refractivity contribution is -0.0492. The lowest BCUT2D eigenvalue weighted by Gasteiger charge is -2.34. The van der Waals surface area contributed by atoms with Crippen LogP contribution in [0.5, 0.6) is 0 Å². The summed E-state index contributed by atoms with van der Waals surface area (Å²) in [6.07, 6.45) is 4.93. The molecule has 3 rings (SSSR count). The number of imidazole rings is 1. The van der Waals surface area contributed by atoms with Crippen LogP contribution in [0.15, 0.2) is 43.4 Å². The predicted octanol–water partition coefficient (Wildman–Crippen LogP) is 4.79. The van der Waals surface area contributed by atoms with Gasteiger partial charge in [0.2, 0.25) is 0 Å². The maximum absolute atomic E-state index is 13.6. The molecule has 0 fully saturated rings. The van der Waals surface area contributed by atoms with E-state index in [0.717, 1.165) is 0 Å². The lowest BCUT2D eigenvalue weighted by atomic mass is 10.1. The average molecular weight is 544 g/mol. The van der Waals surface area contributed by atoms with Crippen LogP contribution < -0.4 is 9.80 Å². The number of hydrogen-bond acceptors (Lipinski definition) is 6. The molecule has 2 heterocycles. The van der Waals surface area contributed by atoms with E-state index < -0.39 is 39.8 Å². The highest BCUT2D eigenvalue weighted by Crippen LogP contribution is 2.37. The first-order valence-corrected chi connectivity index (χ1v) is 13.1. The number of benzene rings is 1. The molecule has 0 saturated carbocycles. The maximum atomic E-state index is 13.6. The molecule has 1 N–H and O–H groups in total. The number of amides is 1. The van der Waals surface area contributed by atoms with Crippen molar-refractivity contribution in [3.05, 3.63) is 54.6 Å². The molecular weight excluding hydrogens is 511 g/mol. The van der Waals surface area contributed by atoms with Gasteiger partial charge >= 0.3 is 21.6 Å². The third-order valence-electron chi connectivity index (χ3n) is 5.86. The topological polar surface area (TPSA) is 98.8 Å². The third-order valence-corrected chi connectivity index (χ3v) is 7.40. The summed E-state index contributed by atoms with van der Waals surface area (Å²) in [5, 5.41) is 0. The van der Waals surface area contributed by atoms with Crippen LogP contribution in [0, 0.1) is 0 Å². The summed E-state index contributed by atoms with van der Waals surface area (Å²) in [6, 6.07) is 4.27. The molecule has 0 aliphatic carbocycles.